The molecule has 6 fully saturated rings. The van der Waals surface area contributed by atoms with E-state index in [1.54, 1.807) is 0 Å². The smallest absolute Gasteiger partial charge is 0.394 e. The van der Waals surface area contributed by atoms with Gasteiger partial charge in [0.1, 0.15) is 30.8 Å². The number of urea groups is 2. The van der Waals surface area contributed by atoms with Gasteiger partial charge in [-0.3, -0.25) is 39.1 Å². The van der Waals surface area contributed by atoms with Crippen molar-refractivity contribution < 1.29 is 57.4 Å². The number of carbonyl (C=O) groups is 4. The van der Waals surface area contributed by atoms with Gasteiger partial charge in [0, 0.05) is 12.8 Å². The Labute approximate surface area is 209 Å². The maximum Gasteiger partial charge on any atom is 0.472 e. The molecule has 17 heteroatoms. The highest BCUT2D eigenvalue weighted by atomic mass is 31.2. The Morgan fingerprint density at radius 2 is 1.49 bits per heavy atom. The van der Waals surface area contributed by atoms with E-state index in [4.69, 9.17) is 18.5 Å². The van der Waals surface area contributed by atoms with Gasteiger partial charge in [0.25, 0.3) is 0 Å². The molecule has 16 nitrogen and oxygen atoms in total. The predicted octanol–water partition coefficient (Wildman–Crippen LogP) is -2.05. The minimum absolute atomic E-state index is 0.127. The van der Waals surface area contributed by atoms with E-state index in [0.29, 0.717) is 0 Å². The quantitative estimate of drug-likeness (QED) is 0.225. The van der Waals surface area contributed by atoms with Crippen LogP contribution in [0.4, 0.5) is 9.59 Å². The Bertz CT molecular complexity index is 1140. The number of phosphoric acid groups is 1. The lowest BCUT2D eigenvalue weighted by atomic mass is 9.42. The topological polar surface area (TPSA) is 213 Å². The highest BCUT2D eigenvalue weighted by molar-refractivity contribution is 7.47. The first-order valence-electron chi connectivity index (χ1n) is 11.9. The fourth-order valence-electron chi connectivity index (χ4n) is 6.76. The molecule has 1 aliphatic carbocycles. The number of aliphatic hydroxyl groups is 2. The first-order chi connectivity index (χ1) is 17.3. The minimum Gasteiger partial charge on any atom is -0.394 e. The van der Waals surface area contributed by atoms with Crippen LogP contribution in [0.2, 0.25) is 0 Å². The monoisotopic (exact) mass is 546 g/mol. The summed E-state index contributed by atoms with van der Waals surface area (Å²) in [4.78, 5) is 65.5. The molecular formula is C20H27N4O12P. The number of nitrogens with zero attached hydrogens (tertiary/aromatic N) is 2. The number of rotatable bonds is 1. The van der Waals surface area contributed by atoms with Crippen molar-refractivity contribution in [3.05, 3.63) is 0 Å². The number of amides is 6. The van der Waals surface area contributed by atoms with E-state index in [0.717, 1.165) is 0 Å². The molecule has 11 atom stereocenters. The lowest BCUT2D eigenvalue weighted by Crippen LogP contribution is -2.92. The number of aliphatic hydroxyl groups excluding tert-OH is 2. The Morgan fingerprint density at radius 3 is 2.03 bits per heavy atom. The molecule has 204 valence electrons. The van der Waals surface area contributed by atoms with E-state index in [2.05, 4.69) is 10.6 Å². The number of nitrogens with one attached hydrogen (secondary N) is 2. The maximum absolute atomic E-state index is 13.2. The van der Waals surface area contributed by atoms with Crippen LogP contribution >= 0.6 is 7.82 Å². The summed E-state index contributed by atoms with van der Waals surface area (Å²) in [6.45, 7) is 1.84. The SMILES string of the molecule is CC12C(=O)NC(=O)N3[C@H]1[C@H]1N(C(=O)NC(=O)C12C)[C@H]1C[C@H](O)[C@@H](COP(=O)(O)O[C@H]2C[C@H]3O[C@@H]2CO)O1. The van der Waals surface area contributed by atoms with Crippen LogP contribution in [0.15, 0.2) is 0 Å². The van der Waals surface area contributed by atoms with Gasteiger partial charge >= 0.3 is 19.9 Å². The van der Waals surface area contributed by atoms with Crippen LogP contribution in [-0.4, -0.2) is 111 Å². The van der Waals surface area contributed by atoms with Crippen molar-refractivity contribution in [2.75, 3.05) is 13.2 Å². The normalized spacial score (nSPS) is 51.2. The van der Waals surface area contributed by atoms with Gasteiger partial charge in [0.15, 0.2) is 0 Å². The van der Waals surface area contributed by atoms with Crippen molar-refractivity contribution in [2.24, 2.45) is 10.8 Å². The summed E-state index contributed by atoms with van der Waals surface area (Å²) in [6, 6.07) is -3.82. The van der Waals surface area contributed by atoms with Crippen LogP contribution in [0.25, 0.3) is 0 Å². The van der Waals surface area contributed by atoms with Crippen LogP contribution in [-0.2, 0) is 32.7 Å². The third-order valence-corrected chi connectivity index (χ3v) is 9.88. The van der Waals surface area contributed by atoms with Gasteiger partial charge in [-0.05, 0) is 13.8 Å². The molecule has 3 unspecified atom stereocenters. The molecule has 0 aromatic carbocycles. The second-order valence-electron chi connectivity index (χ2n) is 10.5. The Kier molecular flexibility index (Phi) is 5.38. The van der Waals surface area contributed by atoms with E-state index in [1.807, 2.05) is 0 Å². The van der Waals surface area contributed by atoms with Crippen LogP contribution in [0.5, 0.6) is 0 Å². The predicted molar refractivity (Wildman–Crippen MR) is 115 cm³/mol. The molecule has 0 radical (unpaired) electrons. The molecule has 0 spiro atoms. The van der Waals surface area contributed by atoms with Crippen molar-refractivity contribution in [3.63, 3.8) is 0 Å². The van der Waals surface area contributed by atoms with Crippen LogP contribution < -0.4 is 10.6 Å². The summed E-state index contributed by atoms with van der Waals surface area (Å²) in [5, 5.41) is 24.9. The number of hydrogen-bond acceptors (Lipinski definition) is 11. The molecule has 37 heavy (non-hydrogen) atoms. The Morgan fingerprint density at radius 1 is 0.946 bits per heavy atom. The third-order valence-electron chi connectivity index (χ3n) is 8.87. The van der Waals surface area contributed by atoms with Crippen molar-refractivity contribution in [3.8, 4) is 0 Å². The first kappa shape index (κ1) is 25.1. The molecule has 0 aromatic rings. The van der Waals surface area contributed by atoms with Gasteiger partial charge < -0.3 is 24.6 Å². The van der Waals surface area contributed by atoms with Crippen molar-refractivity contribution in [1.29, 1.82) is 0 Å². The van der Waals surface area contributed by atoms with Gasteiger partial charge in [-0.15, -0.1) is 0 Å². The number of fused-ring (bicyclic) bond motifs is 7. The van der Waals surface area contributed by atoms with Gasteiger partial charge in [-0.1, -0.05) is 0 Å². The first-order valence-corrected chi connectivity index (χ1v) is 13.4. The number of carbonyl (C=O) groups excluding carboxylic acids is 4. The van der Waals surface area contributed by atoms with E-state index < -0.39 is 105 Å². The van der Waals surface area contributed by atoms with Crippen LogP contribution in [0.1, 0.15) is 26.7 Å². The Hall–Kier alpha value is -2.17. The molecule has 5 heterocycles. The minimum atomic E-state index is -4.74. The molecule has 4 bridgehead atoms. The lowest BCUT2D eigenvalue weighted by Gasteiger charge is -2.72. The van der Waals surface area contributed by atoms with Crippen LogP contribution in [0.3, 0.4) is 0 Å². The van der Waals surface area contributed by atoms with E-state index in [1.165, 1.54) is 23.6 Å². The number of phosphoric ester groups is 1. The van der Waals surface area contributed by atoms with Crippen molar-refractivity contribution in [1.82, 2.24) is 20.4 Å². The molecule has 6 amide bonds. The fraction of sp³-hybridized carbons (Fsp3) is 0.800. The molecule has 6 rings (SSSR count). The zero-order valence-corrected chi connectivity index (χ0v) is 20.7. The highest BCUT2D eigenvalue weighted by Crippen LogP contribution is 2.64. The number of hydrogen-bond donors (Lipinski definition) is 5. The summed E-state index contributed by atoms with van der Waals surface area (Å²) in [6.07, 6.45) is -7.24. The van der Waals surface area contributed by atoms with Crippen molar-refractivity contribution >= 4 is 31.7 Å². The van der Waals surface area contributed by atoms with Gasteiger partial charge in [-0.25, -0.2) is 14.2 Å². The number of ether oxygens (including phenoxy) is 2. The molecule has 0 aromatic heterocycles. The maximum atomic E-state index is 13.2. The summed E-state index contributed by atoms with van der Waals surface area (Å²) in [5.74, 6) is -1.42. The summed E-state index contributed by atoms with van der Waals surface area (Å²) in [7, 11) is -4.74. The average molecular weight is 546 g/mol. The van der Waals surface area contributed by atoms with Gasteiger partial charge in [0.2, 0.25) is 11.8 Å². The zero-order valence-electron chi connectivity index (χ0n) is 19.8. The fourth-order valence-corrected chi connectivity index (χ4v) is 7.72. The Balaban J connectivity index is 1.49. The average Bonchev–Trinajstić information content (AvgIpc) is 3.38. The largest absolute Gasteiger partial charge is 0.472 e. The number of imide groups is 2. The van der Waals surface area contributed by atoms with E-state index in [9.17, 15) is 38.8 Å². The summed E-state index contributed by atoms with van der Waals surface area (Å²) in [5.41, 5.74) is -3.02. The lowest BCUT2D eigenvalue weighted by molar-refractivity contribution is -0.242. The highest BCUT2D eigenvalue weighted by Gasteiger charge is 2.82. The molecule has 5 aliphatic heterocycles. The second kappa shape index (κ2) is 7.93. The summed E-state index contributed by atoms with van der Waals surface area (Å²) < 4.78 is 34.6. The summed E-state index contributed by atoms with van der Waals surface area (Å²) >= 11 is 0. The zero-order chi connectivity index (χ0) is 26.7. The second-order valence-corrected chi connectivity index (χ2v) is 11.9. The molecule has 1 saturated carbocycles. The van der Waals surface area contributed by atoms with Gasteiger partial charge in [0.05, 0.1) is 42.2 Å². The van der Waals surface area contributed by atoms with E-state index >= 15 is 0 Å². The van der Waals surface area contributed by atoms with Crippen molar-refractivity contribution in [2.45, 2.75) is 75.6 Å². The molecule has 5 N–H and O–H groups in total. The van der Waals surface area contributed by atoms with E-state index in [-0.39, 0.29) is 12.8 Å². The van der Waals surface area contributed by atoms with Crippen LogP contribution in [0, 0.1) is 10.8 Å². The molecule has 6 aliphatic rings. The molecular weight excluding hydrogens is 519 g/mol. The van der Waals surface area contributed by atoms with Gasteiger partial charge in [-0.2, -0.15) is 0 Å². The molecule has 5 saturated heterocycles. The third kappa shape index (κ3) is 3.18. The standard InChI is InChI=1S/C20H27N4O12P/c1-19-13-14-20(19,2)16(28)22-18(30)24(14)12-4-8(9(5-25)34-12)36-37(31,32)33-6-10-7(26)3-11(35-10)23(13)17(29)21-15(19)27/h7-14,25-26H,3-6H2,1-2H3,(H,31,32)(H,21,27,29)(H,22,28,30)/t7-,8-,9+,10+,11+,12+,13+,14-,19?,20?/m0/s1.